The largest absolute Gasteiger partial charge is 0.320 e. The third kappa shape index (κ3) is 2.99. The van der Waals surface area contributed by atoms with Crippen LogP contribution in [-0.2, 0) is 6.42 Å². The maximum atomic E-state index is 12.4. The highest BCUT2D eigenvalue weighted by molar-refractivity contribution is 7.10. The van der Waals surface area contributed by atoms with Gasteiger partial charge in [0, 0.05) is 4.88 Å². The molecular formula is C8H12FNS. The summed E-state index contributed by atoms with van der Waals surface area (Å²) in [5.74, 6) is 0. The third-order valence-corrected chi connectivity index (χ3v) is 2.41. The van der Waals surface area contributed by atoms with E-state index < -0.39 is 0 Å². The Morgan fingerprint density at radius 2 is 2.36 bits per heavy atom. The zero-order valence-electron chi connectivity index (χ0n) is 6.56. The number of hydrogen-bond acceptors (Lipinski definition) is 2. The van der Waals surface area contributed by atoms with E-state index in [-0.39, 0.29) is 5.13 Å². The molecule has 1 nitrogen and oxygen atoms in total. The van der Waals surface area contributed by atoms with Gasteiger partial charge in [0.25, 0.3) is 0 Å². The average molecular weight is 173 g/mol. The first kappa shape index (κ1) is 8.68. The highest BCUT2D eigenvalue weighted by Gasteiger charge is 1.97. The summed E-state index contributed by atoms with van der Waals surface area (Å²) in [5.41, 5.74) is 0. The molecule has 1 N–H and O–H groups in total. The molecule has 11 heavy (non-hydrogen) atoms. The van der Waals surface area contributed by atoms with E-state index in [1.54, 1.807) is 0 Å². The lowest BCUT2D eigenvalue weighted by Gasteiger charge is -1.95. The molecule has 0 saturated carbocycles. The summed E-state index contributed by atoms with van der Waals surface area (Å²) in [6.45, 7) is 1.000. The molecule has 1 rings (SSSR count). The molecule has 0 bridgehead atoms. The minimum atomic E-state index is -0.0792. The number of hydrogen-bond donors (Lipinski definition) is 1. The standard InChI is InChI=1S/C8H12FNS/c1-10-6-2-3-7-4-5-8(9)11-7/h4-5,10H,2-3,6H2,1H3. The zero-order valence-corrected chi connectivity index (χ0v) is 7.38. The molecule has 0 radical (unpaired) electrons. The number of thiophene rings is 1. The molecule has 0 fully saturated rings. The molecule has 0 atom stereocenters. The monoisotopic (exact) mass is 173 g/mol. The molecule has 0 aliphatic heterocycles. The van der Waals surface area contributed by atoms with Crippen LogP contribution in [0, 0.1) is 5.13 Å². The van der Waals surface area contributed by atoms with Crippen LogP contribution in [0.3, 0.4) is 0 Å². The molecule has 0 amide bonds. The molecule has 3 heteroatoms. The van der Waals surface area contributed by atoms with Gasteiger partial charge in [0.1, 0.15) is 0 Å². The first-order valence-electron chi connectivity index (χ1n) is 3.72. The Balaban J connectivity index is 2.27. The fourth-order valence-corrected chi connectivity index (χ4v) is 1.69. The minimum Gasteiger partial charge on any atom is -0.320 e. The van der Waals surface area contributed by atoms with E-state index in [4.69, 9.17) is 0 Å². The molecule has 1 aromatic rings. The van der Waals surface area contributed by atoms with Gasteiger partial charge in [0.15, 0.2) is 5.13 Å². The van der Waals surface area contributed by atoms with Crippen molar-refractivity contribution in [3.8, 4) is 0 Å². The molecule has 0 aliphatic carbocycles. The first-order valence-corrected chi connectivity index (χ1v) is 4.53. The van der Waals surface area contributed by atoms with Gasteiger partial charge in [0.2, 0.25) is 0 Å². The van der Waals surface area contributed by atoms with E-state index in [0.717, 1.165) is 24.3 Å². The summed E-state index contributed by atoms with van der Waals surface area (Å²) in [4.78, 5) is 1.14. The van der Waals surface area contributed by atoms with E-state index >= 15 is 0 Å². The van der Waals surface area contributed by atoms with Crippen LogP contribution in [-0.4, -0.2) is 13.6 Å². The van der Waals surface area contributed by atoms with Crippen LogP contribution in [0.15, 0.2) is 12.1 Å². The van der Waals surface area contributed by atoms with Crippen molar-refractivity contribution in [1.82, 2.24) is 5.32 Å². The molecule has 1 aromatic heterocycles. The van der Waals surface area contributed by atoms with Crippen molar-refractivity contribution in [2.75, 3.05) is 13.6 Å². The summed E-state index contributed by atoms with van der Waals surface area (Å²) < 4.78 is 12.4. The predicted molar refractivity (Wildman–Crippen MR) is 46.5 cm³/mol. The smallest absolute Gasteiger partial charge is 0.176 e. The molecular weight excluding hydrogens is 161 g/mol. The highest BCUT2D eigenvalue weighted by Crippen LogP contribution is 2.15. The topological polar surface area (TPSA) is 12.0 Å². The Labute approximate surface area is 70.2 Å². The van der Waals surface area contributed by atoms with Gasteiger partial charge in [0.05, 0.1) is 0 Å². The second-order valence-electron chi connectivity index (χ2n) is 2.41. The Bertz CT molecular complexity index is 210. The quantitative estimate of drug-likeness (QED) is 0.687. The molecule has 0 spiro atoms. The van der Waals surface area contributed by atoms with Crippen molar-refractivity contribution in [1.29, 1.82) is 0 Å². The summed E-state index contributed by atoms with van der Waals surface area (Å²) in [5, 5.41) is 2.98. The van der Waals surface area contributed by atoms with Crippen LogP contribution >= 0.6 is 11.3 Å². The molecule has 1 heterocycles. The van der Waals surface area contributed by atoms with Crippen molar-refractivity contribution >= 4 is 11.3 Å². The maximum absolute atomic E-state index is 12.4. The van der Waals surface area contributed by atoms with Gasteiger partial charge < -0.3 is 5.32 Å². The van der Waals surface area contributed by atoms with Crippen LogP contribution in [0.1, 0.15) is 11.3 Å². The van der Waals surface area contributed by atoms with Crippen molar-refractivity contribution in [2.45, 2.75) is 12.8 Å². The molecule has 0 unspecified atom stereocenters. The number of aryl methyl sites for hydroxylation is 1. The van der Waals surface area contributed by atoms with Crippen molar-refractivity contribution in [3.05, 3.63) is 22.1 Å². The predicted octanol–water partition coefficient (Wildman–Crippen LogP) is 2.04. The number of nitrogens with one attached hydrogen (secondary N) is 1. The third-order valence-electron chi connectivity index (χ3n) is 1.48. The lowest BCUT2D eigenvalue weighted by atomic mass is 10.3. The lowest BCUT2D eigenvalue weighted by Crippen LogP contribution is -2.07. The Hall–Kier alpha value is -0.410. The SMILES string of the molecule is CNCCCc1ccc(F)s1. The summed E-state index contributed by atoms with van der Waals surface area (Å²) in [7, 11) is 1.93. The van der Waals surface area contributed by atoms with Crippen molar-refractivity contribution < 1.29 is 4.39 Å². The first-order chi connectivity index (χ1) is 5.33. The van der Waals surface area contributed by atoms with Crippen LogP contribution in [0.5, 0.6) is 0 Å². The van der Waals surface area contributed by atoms with E-state index in [1.807, 2.05) is 13.1 Å². The van der Waals surface area contributed by atoms with E-state index in [1.165, 1.54) is 17.4 Å². The summed E-state index contributed by atoms with van der Waals surface area (Å²) >= 11 is 1.24. The van der Waals surface area contributed by atoms with Gasteiger partial charge in [-0.25, -0.2) is 0 Å². The fourth-order valence-electron chi connectivity index (χ4n) is 0.926. The van der Waals surface area contributed by atoms with Gasteiger partial charge in [-0.15, -0.1) is 11.3 Å². The van der Waals surface area contributed by atoms with E-state index in [0.29, 0.717) is 0 Å². The molecule has 0 aromatic carbocycles. The summed E-state index contributed by atoms with van der Waals surface area (Å²) in [6.07, 6.45) is 2.06. The Morgan fingerprint density at radius 3 is 2.91 bits per heavy atom. The zero-order chi connectivity index (χ0) is 8.10. The number of halogens is 1. The van der Waals surface area contributed by atoms with E-state index in [9.17, 15) is 4.39 Å². The van der Waals surface area contributed by atoms with Gasteiger partial charge in [-0.3, -0.25) is 0 Å². The van der Waals surface area contributed by atoms with Crippen LogP contribution in [0.25, 0.3) is 0 Å². The van der Waals surface area contributed by atoms with Gasteiger partial charge in [-0.2, -0.15) is 4.39 Å². The van der Waals surface area contributed by atoms with Gasteiger partial charge in [-0.1, -0.05) is 0 Å². The highest BCUT2D eigenvalue weighted by atomic mass is 32.1. The maximum Gasteiger partial charge on any atom is 0.176 e. The van der Waals surface area contributed by atoms with Gasteiger partial charge >= 0.3 is 0 Å². The van der Waals surface area contributed by atoms with Crippen LogP contribution in [0.4, 0.5) is 4.39 Å². The fraction of sp³-hybridized carbons (Fsp3) is 0.500. The Morgan fingerprint density at radius 1 is 1.55 bits per heavy atom. The summed E-state index contributed by atoms with van der Waals surface area (Å²) in [6, 6.07) is 3.38. The van der Waals surface area contributed by atoms with Gasteiger partial charge in [-0.05, 0) is 38.6 Å². The van der Waals surface area contributed by atoms with E-state index in [2.05, 4.69) is 5.32 Å². The van der Waals surface area contributed by atoms with Crippen molar-refractivity contribution in [3.63, 3.8) is 0 Å². The lowest BCUT2D eigenvalue weighted by molar-refractivity contribution is 0.657. The molecule has 62 valence electrons. The second kappa shape index (κ2) is 4.46. The van der Waals surface area contributed by atoms with Crippen LogP contribution < -0.4 is 5.32 Å². The molecule has 0 saturated heterocycles. The van der Waals surface area contributed by atoms with Crippen molar-refractivity contribution in [2.24, 2.45) is 0 Å². The Kier molecular flexibility index (Phi) is 3.52. The normalized spacial score (nSPS) is 10.4. The number of rotatable bonds is 4. The average Bonchev–Trinajstić information content (AvgIpc) is 2.37. The second-order valence-corrected chi connectivity index (χ2v) is 3.53. The minimum absolute atomic E-state index is 0.0792. The molecule has 0 aliphatic rings. The van der Waals surface area contributed by atoms with Crippen LogP contribution in [0.2, 0.25) is 0 Å².